The van der Waals surface area contributed by atoms with E-state index in [1.54, 1.807) is 18.2 Å². The largest absolute Gasteiger partial charge is 0.454 e. The van der Waals surface area contributed by atoms with Crippen LogP contribution in [0.15, 0.2) is 18.2 Å². The Hall–Kier alpha value is -1.84. The summed E-state index contributed by atoms with van der Waals surface area (Å²) in [6.45, 7) is 3.30. The van der Waals surface area contributed by atoms with Crippen LogP contribution in [0.4, 0.5) is 0 Å². The predicted molar refractivity (Wildman–Crippen MR) is 54.3 cm³/mol. The number of aldehydes is 1. The van der Waals surface area contributed by atoms with E-state index in [-0.39, 0.29) is 12.6 Å². The Morgan fingerprint density at radius 3 is 2.47 bits per heavy atom. The zero-order valence-corrected chi connectivity index (χ0v) is 8.65. The van der Waals surface area contributed by atoms with Crippen LogP contribution in [0.3, 0.4) is 0 Å². The third-order valence-corrected chi connectivity index (χ3v) is 1.53. The fourth-order valence-electron chi connectivity index (χ4n) is 0.986. The molecule has 1 aliphatic rings. The lowest BCUT2D eigenvalue weighted by molar-refractivity contribution is -0.114. The first kappa shape index (κ1) is 11.2. The van der Waals surface area contributed by atoms with E-state index in [9.17, 15) is 9.59 Å². The Morgan fingerprint density at radius 1 is 1.27 bits per heavy atom. The molecule has 0 bridgehead atoms. The number of rotatable bonds is 1. The highest BCUT2D eigenvalue weighted by atomic mass is 16.7. The number of benzene rings is 1. The van der Waals surface area contributed by atoms with Gasteiger partial charge in [-0.1, -0.05) is 0 Å². The van der Waals surface area contributed by atoms with E-state index in [2.05, 4.69) is 0 Å². The number of fused-ring (bicyclic) bond motifs is 1. The topological polar surface area (TPSA) is 52.6 Å². The van der Waals surface area contributed by atoms with Crippen molar-refractivity contribution in [1.82, 2.24) is 0 Å². The van der Waals surface area contributed by atoms with Crippen LogP contribution in [-0.4, -0.2) is 18.9 Å². The monoisotopic (exact) mass is 208 g/mol. The van der Waals surface area contributed by atoms with E-state index >= 15 is 0 Å². The third kappa shape index (κ3) is 3.42. The molecule has 0 unspecified atom stereocenters. The Kier molecular flexibility index (Phi) is 3.85. The number of ether oxygens (including phenoxy) is 2. The number of Topliss-reactive ketones (excluding diaryl/α,β-unsaturated/α-hetero) is 1. The molecule has 0 amide bonds. The molecular weight excluding hydrogens is 196 g/mol. The summed E-state index contributed by atoms with van der Waals surface area (Å²) < 4.78 is 10.1. The van der Waals surface area contributed by atoms with Gasteiger partial charge in [0.25, 0.3) is 0 Å². The number of hydrogen-bond acceptors (Lipinski definition) is 4. The molecule has 2 rings (SSSR count). The molecule has 0 radical (unpaired) electrons. The second kappa shape index (κ2) is 5.14. The third-order valence-electron chi connectivity index (χ3n) is 1.53. The van der Waals surface area contributed by atoms with Gasteiger partial charge in [0, 0.05) is 5.56 Å². The SMILES string of the molecule is CC(C)=O.O=Cc1ccc2c(c1)OCO2. The maximum Gasteiger partial charge on any atom is 0.231 e. The van der Waals surface area contributed by atoms with E-state index in [1.165, 1.54) is 13.8 Å². The van der Waals surface area contributed by atoms with Crippen molar-refractivity contribution in [3.8, 4) is 11.5 Å². The van der Waals surface area contributed by atoms with Crippen molar-refractivity contribution in [1.29, 1.82) is 0 Å². The Bertz CT molecular complexity index is 367. The molecule has 0 aliphatic carbocycles. The molecule has 0 saturated heterocycles. The number of ketones is 1. The minimum absolute atomic E-state index is 0.167. The second-order valence-electron chi connectivity index (χ2n) is 3.14. The lowest BCUT2D eigenvalue weighted by Crippen LogP contribution is -1.92. The highest BCUT2D eigenvalue weighted by molar-refractivity contribution is 5.76. The summed E-state index contributed by atoms with van der Waals surface area (Å²) in [6.07, 6.45) is 0.780. The van der Waals surface area contributed by atoms with E-state index in [0.29, 0.717) is 17.1 Å². The van der Waals surface area contributed by atoms with Gasteiger partial charge in [-0.05, 0) is 32.0 Å². The van der Waals surface area contributed by atoms with Crippen molar-refractivity contribution >= 4 is 12.1 Å². The lowest BCUT2D eigenvalue weighted by Gasteiger charge is -1.94. The van der Waals surface area contributed by atoms with Crippen molar-refractivity contribution in [2.45, 2.75) is 13.8 Å². The van der Waals surface area contributed by atoms with Crippen LogP contribution in [0.5, 0.6) is 11.5 Å². The minimum Gasteiger partial charge on any atom is -0.454 e. The molecule has 0 aromatic heterocycles. The molecular formula is C11H12O4. The summed E-state index contributed by atoms with van der Waals surface area (Å²) in [5, 5.41) is 0. The van der Waals surface area contributed by atoms with Crippen LogP contribution >= 0.6 is 0 Å². The highest BCUT2D eigenvalue weighted by Gasteiger charge is 2.12. The quantitative estimate of drug-likeness (QED) is 0.660. The molecule has 0 atom stereocenters. The van der Waals surface area contributed by atoms with Gasteiger partial charge in [0.1, 0.15) is 12.1 Å². The average molecular weight is 208 g/mol. The molecule has 1 aliphatic heterocycles. The standard InChI is InChI=1S/C8H6O3.C3H6O/c9-4-6-1-2-7-8(3-6)11-5-10-7;1-3(2)4/h1-4H,5H2;1-2H3. The number of carbonyl (C=O) groups excluding carboxylic acids is 2. The van der Waals surface area contributed by atoms with Crippen molar-refractivity contribution in [3.63, 3.8) is 0 Å². The first-order valence-corrected chi connectivity index (χ1v) is 4.45. The summed E-state index contributed by atoms with van der Waals surface area (Å²) in [6, 6.07) is 5.09. The second-order valence-corrected chi connectivity index (χ2v) is 3.14. The van der Waals surface area contributed by atoms with Gasteiger partial charge in [-0.25, -0.2) is 0 Å². The number of hydrogen-bond donors (Lipinski definition) is 0. The molecule has 4 nitrogen and oxygen atoms in total. The fraction of sp³-hybridized carbons (Fsp3) is 0.273. The maximum absolute atomic E-state index is 10.3. The van der Waals surface area contributed by atoms with Crippen LogP contribution in [-0.2, 0) is 4.79 Å². The van der Waals surface area contributed by atoms with Gasteiger partial charge < -0.3 is 14.3 Å². The molecule has 1 aromatic carbocycles. The Morgan fingerprint density at radius 2 is 1.87 bits per heavy atom. The van der Waals surface area contributed by atoms with Gasteiger partial charge in [-0.15, -0.1) is 0 Å². The van der Waals surface area contributed by atoms with Gasteiger partial charge in [0.2, 0.25) is 6.79 Å². The van der Waals surface area contributed by atoms with Crippen molar-refractivity contribution < 1.29 is 19.1 Å². The molecule has 0 N–H and O–H groups in total. The predicted octanol–water partition coefficient (Wildman–Crippen LogP) is 1.82. The highest BCUT2D eigenvalue weighted by Crippen LogP contribution is 2.31. The van der Waals surface area contributed by atoms with Crippen LogP contribution in [0, 0.1) is 0 Å². The van der Waals surface area contributed by atoms with Crippen molar-refractivity contribution in [3.05, 3.63) is 23.8 Å². The molecule has 0 saturated carbocycles. The molecule has 4 heteroatoms. The number of carbonyl (C=O) groups is 2. The van der Waals surface area contributed by atoms with Crippen molar-refractivity contribution in [2.75, 3.05) is 6.79 Å². The van der Waals surface area contributed by atoms with Gasteiger partial charge in [-0.2, -0.15) is 0 Å². The van der Waals surface area contributed by atoms with E-state index in [1.807, 2.05) is 0 Å². The molecule has 1 heterocycles. The van der Waals surface area contributed by atoms with E-state index in [0.717, 1.165) is 6.29 Å². The summed E-state index contributed by atoms with van der Waals surface area (Å²) >= 11 is 0. The normalized spacial score (nSPS) is 11.3. The molecule has 0 spiro atoms. The van der Waals surface area contributed by atoms with Crippen molar-refractivity contribution in [2.24, 2.45) is 0 Å². The lowest BCUT2D eigenvalue weighted by atomic mass is 10.2. The molecule has 1 aromatic rings. The van der Waals surface area contributed by atoms with E-state index in [4.69, 9.17) is 9.47 Å². The fourth-order valence-corrected chi connectivity index (χ4v) is 0.986. The Labute approximate surface area is 87.8 Å². The average Bonchev–Trinajstić information content (AvgIpc) is 2.63. The summed E-state index contributed by atoms with van der Waals surface area (Å²) in [4.78, 5) is 19.8. The Balaban J connectivity index is 0.000000245. The van der Waals surface area contributed by atoms with Crippen LogP contribution in [0.25, 0.3) is 0 Å². The molecule has 15 heavy (non-hydrogen) atoms. The van der Waals surface area contributed by atoms with Gasteiger partial charge in [-0.3, -0.25) is 4.79 Å². The summed E-state index contributed by atoms with van der Waals surface area (Å²) in [5.74, 6) is 1.52. The van der Waals surface area contributed by atoms with Crippen LogP contribution < -0.4 is 9.47 Å². The van der Waals surface area contributed by atoms with Gasteiger partial charge in [0.15, 0.2) is 11.5 Å². The first-order valence-electron chi connectivity index (χ1n) is 4.45. The summed E-state index contributed by atoms with van der Waals surface area (Å²) in [5.41, 5.74) is 0.606. The van der Waals surface area contributed by atoms with E-state index < -0.39 is 0 Å². The minimum atomic E-state index is 0.167. The van der Waals surface area contributed by atoms with Gasteiger partial charge >= 0.3 is 0 Å². The molecule has 80 valence electrons. The maximum atomic E-state index is 10.3. The smallest absolute Gasteiger partial charge is 0.231 e. The van der Waals surface area contributed by atoms with Crippen LogP contribution in [0.2, 0.25) is 0 Å². The van der Waals surface area contributed by atoms with Crippen LogP contribution in [0.1, 0.15) is 24.2 Å². The first-order chi connectivity index (χ1) is 7.13. The zero-order valence-electron chi connectivity index (χ0n) is 8.65. The van der Waals surface area contributed by atoms with Gasteiger partial charge in [0.05, 0.1) is 0 Å². The molecule has 0 fully saturated rings. The zero-order chi connectivity index (χ0) is 11.3. The summed E-state index contributed by atoms with van der Waals surface area (Å²) in [7, 11) is 0.